The number of hydrogen-bond acceptors (Lipinski definition) is 2. The molecule has 1 saturated carbocycles. The van der Waals surface area contributed by atoms with Gasteiger partial charge in [0.05, 0.1) is 17.4 Å². The van der Waals surface area contributed by atoms with Crippen LogP contribution in [0.2, 0.25) is 0 Å². The zero-order chi connectivity index (χ0) is 16.4. The molecule has 0 spiro atoms. The molecule has 3 rings (SSSR count). The molecule has 1 aliphatic carbocycles. The molecule has 2 aromatic rings. The van der Waals surface area contributed by atoms with Crippen LogP contribution in [0.5, 0.6) is 5.75 Å². The number of hydrogen-bond donors (Lipinski definition) is 0. The van der Waals surface area contributed by atoms with Crippen molar-refractivity contribution in [3.05, 3.63) is 36.0 Å². The normalized spacial score (nSPS) is 16.5. The minimum atomic E-state index is -3.27. The standard InChI is InChI=1S/C17H21F2N2OP/c1-12-10-16(21(20-12)14-7-3-2-4-8-14)13-6-5-9-15(11-13)22-17(18,19)23/h5-6,9-11,14H,2-4,7-8,23H2,1H3. The summed E-state index contributed by atoms with van der Waals surface area (Å²) >= 11 is 0. The fraction of sp³-hybridized carbons (Fsp3) is 0.471. The lowest BCUT2D eigenvalue weighted by Crippen LogP contribution is -2.16. The van der Waals surface area contributed by atoms with E-state index in [9.17, 15) is 8.78 Å². The summed E-state index contributed by atoms with van der Waals surface area (Å²) in [7, 11) is 1.39. The Labute approximate surface area is 137 Å². The molecule has 1 atom stereocenters. The van der Waals surface area contributed by atoms with Crippen LogP contribution in [0, 0.1) is 6.92 Å². The van der Waals surface area contributed by atoms with E-state index in [4.69, 9.17) is 0 Å². The van der Waals surface area contributed by atoms with E-state index in [1.165, 1.54) is 34.6 Å². The molecule has 124 valence electrons. The number of benzene rings is 1. The van der Waals surface area contributed by atoms with Gasteiger partial charge in [0.25, 0.3) is 0 Å². The highest BCUT2D eigenvalue weighted by Crippen LogP contribution is 2.34. The van der Waals surface area contributed by atoms with Gasteiger partial charge < -0.3 is 4.74 Å². The molecule has 1 aromatic carbocycles. The maximum absolute atomic E-state index is 13.0. The molecular formula is C17H21F2N2OP. The quantitative estimate of drug-likeness (QED) is 0.719. The van der Waals surface area contributed by atoms with Crippen molar-refractivity contribution in [1.29, 1.82) is 0 Å². The van der Waals surface area contributed by atoms with Crippen LogP contribution in [0.3, 0.4) is 0 Å². The van der Waals surface area contributed by atoms with E-state index in [2.05, 4.69) is 14.5 Å². The maximum atomic E-state index is 13.0. The van der Waals surface area contributed by atoms with Crippen LogP contribution in [0.25, 0.3) is 11.3 Å². The smallest absolute Gasteiger partial charge is 0.408 e. The number of nitrogens with zero attached hydrogens (tertiary/aromatic N) is 2. The number of alkyl halides is 2. The highest BCUT2D eigenvalue weighted by molar-refractivity contribution is 7.17. The number of halogens is 2. The highest BCUT2D eigenvalue weighted by Gasteiger charge is 2.24. The first kappa shape index (κ1) is 16.4. The summed E-state index contributed by atoms with van der Waals surface area (Å²) in [6, 6.07) is 9.22. The third-order valence-electron chi connectivity index (χ3n) is 4.16. The Balaban J connectivity index is 1.93. The minimum absolute atomic E-state index is 0.150. The van der Waals surface area contributed by atoms with Gasteiger partial charge in [-0.1, -0.05) is 31.4 Å². The Morgan fingerprint density at radius 2 is 1.96 bits per heavy atom. The predicted molar refractivity (Wildman–Crippen MR) is 89.8 cm³/mol. The molecule has 0 radical (unpaired) electrons. The summed E-state index contributed by atoms with van der Waals surface area (Å²) in [5.74, 6) is -3.12. The summed E-state index contributed by atoms with van der Waals surface area (Å²) in [6.07, 6.45) is 5.94. The Hall–Kier alpha value is -1.48. The fourth-order valence-corrected chi connectivity index (χ4v) is 3.35. The molecular weight excluding hydrogens is 317 g/mol. The van der Waals surface area contributed by atoms with E-state index < -0.39 is 5.85 Å². The second-order valence-corrected chi connectivity index (χ2v) is 6.77. The van der Waals surface area contributed by atoms with Crippen LogP contribution >= 0.6 is 9.24 Å². The topological polar surface area (TPSA) is 27.1 Å². The van der Waals surface area contributed by atoms with Crippen molar-refractivity contribution in [2.45, 2.75) is 50.9 Å². The minimum Gasteiger partial charge on any atom is -0.430 e. The van der Waals surface area contributed by atoms with Crippen molar-refractivity contribution in [3.8, 4) is 17.0 Å². The van der Waals surface area contributed by atoms with Crippen LogP contribution in [0.4, 0.5) is 8.78 Å². The molecule has 1 heterocycles. The van der Waals surface area contributed by atoms with Crippen molar-refractivity contribution in [2.24, 2.45) is 0 Å². The molecule has 0 N–H and O–H groups in total. The van der Waals surface area contributed by atoms with Crippen molar-refractivity contribution in [1.82, 2.24) is 9.78 Å². The van der Waals surface area contributed by atoms with Gasteiger partial charge in [-0.2, -0.15) is 13.9 Å². The first-order chi connectivity index (χ1) is 10.9. The molecule has 1 unspecified atom stereocenters. The summed E-state index contributed by atoms with van der Waals surface area (Å²) in [6.45, 7) is 1.96. The second-order valence-electron chi connectivity index (χ2n) is 6.10. The van der Waals surface area contributed by atoms with E-state index >= 15 is 0 Å². The van der Waals surface area contributed by atoms with Crippen molar-refractivity contribution < 1.29 is 13.5 Å². The van der Waals surface area contributed by atoms with E-state index in [-0.39, 0.29) is 5.75 Å². The van der Waals surface area contributed by atoms with E-state index in [1.807, 2.05) is 19.1 Å². The summed E-state index contributed by atoms with van der Waals surface area (Å²) in [5, 5.41) is 4.64. The van der Waals surface area contributed by atoms with Gasteiger partial charge in [0, 0.05) is 5.56 Å². The summed E-state index contributed by atoms with van der Waals surface area (Å²) in [5.41, 5.74) is 2.75. The van der Waals surface area contributed by atoms with Crippen LogP contribution in [0.1, 0.15) is 43.8 Å². The third kappa shape index (κ3) is 4.08. The lowest BCUT2D eigenvalue weighted by atomic mass is 9.95. The van der Waals surface area contributed by atoms with Crippen molar-refractivity contribution in [2.75, 3.05) is 0 Å². The average molecular weight is 338 g/mol. The Morgan fingerprint density at radius 3 is 2.65 bits per heavy atom. The van der Waals surface area contributed by atoms with Gasteiger partial charge in [0.1, 0.15) is 5.75 Å². The van der Waals surface area contributed by atoms with Crippen LogP contribution in [-0.4, -0.2) is 15.6 Å². The predicted octanol–water partition coefficient (Wildman–Crippen LogP) is 5.17. The zero-order valence-corrected chi connectivity index (χ0v) is 14.3. The molecule has 3 nitrogen and oxygen atoms in total. The molecule has 0 saturated heterocycles. The van der Waals surface area contributed by atoms with Gasteiger partial charge >= 0.3 is 5.85 Å². The van der Waals surface area contributed by atoms with Crippen molar-refractivity contribution >= 4 is 9.24 Å². The number of aryl methyl sites for hydroxylation is 1. The van der Waals surface area contributed by atoms with Crippen LogP contribution in [-0.2, 0) is 0 Å². The van der Waals surface area contributed by atoms with Gasteiger partial charge in [-0.3, -0.25) is 4.68 Å². The number of ether oxygens (including phenoxy) is 1. The lowest BCUT2D eigenvalue weighted by molar-refractivity contribution is -0.0891. The largest absolute Gasteiger partial charge is 0.430 e. The molecule has 0 bridgehead atoms. The average Bonchev–Trinajstić information content (AvgIpc) is 2.89. The van der Waals surface area contributed by atoms with Gasteiger partial charge in [0.2, 0.25) is 0 Å². The Bertz CT molecular complexity index is 675. The van der Waals surface area contributed by atoms with E-state index in [0.29, 0.717) is 6.04 Å². The molecule has 0 amide bonds. The van der Waals surface area contributed by atoms with Gasteiger partial charge in [-0.05, 0) is 47.2 Å². The highest BCUT2D eigenvalue weighted by atomic mass is 31.0. The first-order valence-electron chi connectivity index (χ1n) is 7.95. The molecule has 0 aliphatic heterocycles. The summed E-state index contributed by atoms with van der Waals surface area (Å²) < 4.78 is 32.8. The maximum Gasteiger partial charge on any atom is 0.408 e. The molecule has 1 aliphatic rings. The third-order valence-corrected chi connectivity index (χ3v) is 4.28. The fourth-order valence-electron chi connectivity index (χ4n) is 3.21. The molecule has 23 heavy (non-hydrogen) atoms. The SMILES string of the molecule is Cc1cc(-c2cccc(OC(F)(F)P)c2)n(C2CCCCC2)n1. The lowest BCUT2D eigenvalue weighted by Gasteiger charge is -2.24. The number of aromatic nitrogens is 2. The van der Waals surface area contributed by atoms with Crippen molar-refractivity contribution in [3.63, 3.8) is 0 Å². The van der Waals surface area contributed by atoms with Gasteiger partial charge in [0.15, 0.2) is 0 Å². The van der Waals surface area contributed by atoms with E-state index in [1.54, 1.807) is 12.1 Å². The molecule has 1 aromatic heterocycles. The van der Waals surface area contributed by atoms with Crippen LogP contribution in [0.15, 0.2) is 30.3 Å². The van der Waals surface area contributed by atoms with Gasteiger partial charge in [-0.15, -0.1) is 0 Å². The molecule has 6 heteroatoms. The molecule has 1 fully saturated rings. The van der Waals surface area contributed by atoms with Gasteiger partial charge in [-0.25, -0.2) is 0 Å². The van der Waals surface area contributed by atoms with E-state index in [0.717, 1.165) is 29.8 Å². The Kier molecular flexibility index (Phi) is 4.67. The summed E-state index contributed by atoms with van der Waals surface area (Å²) in [4.78, 5) is 0. The Morgan fingerprint density at radius 1 is 1.22 bits per heavy atom. The van der Waals surface area contributed by atoms with Crippen LogP contribution < -0.4 is 4.74 Å². The monoisotopic (exact) mass is 338 g/mol. The zero-order valence-electron chi connectivity index (χ0n) is 13.1. The second kappa shape index (κ2) is 6.56. The number of rotatable bonds is 4. The first-order valence-corrected chi connectivity index (χ1v) is 8.52.